The zero-order valence-electron chi connectivity index (χ0n) is 62.6. The highest BCUT2D eigenvalue weighted by Gasteiger charge is 2.13. The van der Waals surface area contributed by atoms with Crippen molar-refractivity contribution in [1.82, 2.24) is 25.8 Å². The number of hydrogen-bond acceptors (Lipinski definition) is 7. The lowest BCUT2D eigenvalue weighted by atomic mass is 10.0. The van der Waals surface area contributed by atoms with E-state index in [1.165, 1.54) is 366 Å². The molecule has 0 aromatic heterocycles. The van der Waals surface area contributed by atoms with Gasteiger partial charge in [-0.3, -0.25) is 9.59 Å². The highest BCUT2D eigenvalue weighted by Crippen LogP contribution is 2.18. The summed E-state index contributed by atoms with van der Waals surface area (Å²) >= 11 is 0. The van der Waals surface area contributed by atoms with E-state index in [1.807, 2.05) is 4.90 Å². The van der Waals surface area contributed by atoms with Gasteiger partial charge in [-0.25, -0.2) is 0 Å². The third-order valence-corrected chi connectivity index (χ3v) is 18.8. The predicted octanol–water partition coefficient (Wildman–Crippen LogP) is 22.9. The van der Waals surface area contributed by atoms with E-state index >= 15 is 0 Å². The van der Waals surface area contributed by atoms with E-state index in [-0.39, 0.29) is 11.8 Å². The van der Waals surface area contributed by atoms with Crippen molar-refractivity contribution in [3.05, 3.63) is 24.3 Å². The first-order valence-electron chi connectivity index (χ1n) is 41.4. The van der Waals surface area contributed by atoms with Crippen LogP contribution in [0.4, 0.5) is 0 Å². The highest BCUT2D eigenvalue weighted by molar-refractivity contribution is 5.77. The van der Waals surface area contributed by atoms with Crippen molar-refractivity contribution in [2.24, 2.45) is 11.5 Å². The molecule has 0 unspecified atom stereocenters. The number of allylic oxidation sites excluding steroid dienone is 4. The molecule has 0 fully saturated rings. The Bertz CT molecular complexity index is 1410. The fourth-order valence-corrected chi connectivity index (χ4v) is 12.6. The van der Waals surface area contributed by atoms with Crippen LogP contribution >= 0.6 is 0 Å². The van der Waals surface area contributed by atoms with Crippen LogP contribution in [0, 0.1) is 0 Å². The smallest absolute Gasteiger partial charge is 0.222 e. The molecule has 0 heterocycles. The number of rotatable bonds is 77. The van der Waals surface area contributed by atoms with Gasteiger partial charge in [-0.1, -0.05) is 347 Å². The molecule has 0 aliphatic heterocycles. The van der Waals surface area contributed by atoms with Crippen molar-refractivity contribution >= 4 is 11.8 Å². The van der Waals surface area contributed by atoms with Gasteiger partial charge in [0.2, 0.25) is 11.8 Å². The minimum atomic E-state index is 0.118. The third kappa shape index (κ3) is 80.6. The summed E-state index contributed by atoms with van der Waals surface area (Å²) in [5.41, 5.74) is 11.4. The second kappa shape index (κ2) is 84.3. The van der Waals surface area contributed by atoms with Crippen LogP contribution in [-0.4, -0.2) is 100 Å². The summed E-state index contributed by atoms with van der Waals surface area (Å²) < 4.78 is 0. The van der Waals surface area contributed by atoms with Crippen LogP contribution < -0.4 is 27.4 Å². The Hall–Kier alpha value is -1.78. The molecular formula is C82H167N7O2. The van der Waals surface area contributed by atoms with Gasteiger partial charge in [0, 0.05) is 78.3 Å². The molecule has 0 aliphatic carbocycles. The molecule has 9 heteroatoms. The number of nitrogens with zero attached hydrogens (tertiary/aromatic N) is 2. The number of carbonyl (C=O) groups excluding carboxylic acids is 2. The molecule has 0 radical (unpaired) electrons. The SMILES string of the molecule is CCCCCCCC/C=C\CCCCCCCCNCCN(CCCCCCCC/C=C\CCCCCCCC)CCNCCN.CCCCCCCCCCCCCCCCCC(=O)NCCN(CCN)C(=O)CCCCCCCCCCCCCCCCC. The summed E-state index contributed by atoms with van der Waals surface area (Å²) in [5.74, 6) is 0.305. The predicted molar refractivity (Wildman–Crippen MR) is 408 cm³/mol. The Balaban J connectivity index is 0. The van der Waals surface area contributed by atoms with Crippen LogP contribution in [0.15, 0.2) is 24.3 Å². The summed E-state index contributed by atoms with van der Waals surface area (Å²) in [6, 6.07) is 0. The Morgan fingerprint density at radius 1 is 0.275 bits per heavy atom. The highest BCUT2D eigenvalue weighted by atomic mass is 16.2. The third-order valence-electron chi connectivity index (χ3n) is 18.8. The van der Waals surface area contributed by atoms with Gasteiger partial charge in [-0.05, 0) is 90.1 Å². The molecule has 7 N–H and O–H groups in total. The van der Waals surface area contributed by atoms with Crippen molar-refractivity contribution in [3.63, 3.8) is 0 Å². The van der Waals surface area contributed by atoms with Crippen LogP contribution in [-0.2, 0) is 9.59 Å². The Kier molecular flexibility index (Phi) is 84.6. The van der Waals surface area contributed by atoms with Crippen LogP contribution in [0.5, 0.6) is 0 Å². The Labute approximate surface area is 571 Å². The number of amides is 2. The van der Waals surface area contributed by atoms with Crippen molar-refractivity contribution in [2.75, 3.05) is 78.5 Å². The van der Waals surface area contributed by atoms with Gasteiger partial charge in [0.25, 0.3) is 0 Å². The fourth-order valence-electron chi connectivity index (χ4n) is 12.6. The second-order valence-electron chi connectivity index (χ2n) is 27.9. The standard InChI is InChI=1S/C42H86N4.C40H81N3O2/c1-3-5-7-9-11-13-15-17-19-21-23-25-27-29-31-33-36-44-38-41-46(42-39-45-37-35-43)40-34-32-30-28-26-24-22-20-18-16-14-12-10-8-6-4-2;1-3-5-7-9-11-13-15-17-19-21-23-25-27-29-31-33-39(44)42-36-38-43(37-35-41)40(45)34-32-30-28-26-24-22-20-18-16-14-12-10-8-6-4-2/h17-20,44-45H,3-16,21-43H2,1-2H3;3-38,41H2,1-2H3,(H,42,44)/b19-17-,20-18-;. The topological polar surface area (TPSA) is 129 Å². The average Bonchev–Trinajstić information content (AvgIpc) is 3.63. The van der Waals surface area contributed by atoms with Gasteiger partial charge in [0.05, 0.1) is 0 Å². The number of carbonyl (C=O) groups is 2. The quantitative estimate of drug-likeness (QED) is 0.0303. The molecule has 0 saturated carbocycles. The first-order chi connectivity index (χ1) is 45.0. The second-order valence-corrected chi connectivity index (χ2v) is 27.9. The minimum absolute atomic E-state index is 0.118. The van der Waals surface area contributed by atoms with E-state index in [0.29, 0.717) is 39.0 Å². The normalized spacial score (nSPS) is 11.7. The molecule has 2 amide bonds. The summed E-state index contributed by atoms with van der Waals surface area (Å²) in [4.78, 5) is 29.5. The molecule has 0 bridgehead atoms. The summed E-state index contributed by atoms with van der Waals surface area (Å²) in [5, 5.41) is 10.2. The molecule has 542 valence electrons. The summed E-state index contributed by atoms with van der Waals surface area (Å²) in [7, 11) is 0. The molecule has 0 atom stereocenters. The van der Waals surface area contributed by atoms with E-state index < -0.39 is 0 Å². The van der Waals surface area contributed by atoms with Gasteiger partial charge in [0.1, 0.15) is 0 Å². The maximum absolute atomic E-state index is 12.7. The molecular weight excluding hydrogens is 1110 g/mol. The lowest BCUT2D eigenvalue weighted by molar-refractivity contribution is -0.131. The van der Waals surface area contributed by atoms with E-state index in [4.69, 9.17) is 11.5 Å². The monoisotopic (exact) mass is 1280 g/mol. The molecule has 0 spiro atoms. The molecule has 0 aliphatic rings. The van der Waals surface area contributed by atoms with Crippen molar-refractivity contribution in [3.8, 4) is 0 Å². The van der Waals surface area contributed by atoms with Crippen LogP contribution in [0.2, 0.25) is 0 Å². The number of nitrogens with two attached hydrogens (primary N) is 2. The molecule has 9 nitrogen and oxygen atoms in total. The molecule has 0 saturated heterocycles. The first kappa shape index (κ1) is 91.3. The molecule has 91 heavy (non-hydrogen) atoms. The average molecular weight is 1280 g/mol. The molecule has 0 aromatic rings. The number of nitrogens with one attached hydrogen (secondary N) is 3. The van der Waals surface area contributed by atoms with Gasteiger partial charge in [-0.15, -0.1) is 0 Å². The van der Waals surface area contributed by atoms with Crippen molar-refractivity contribution in [1.29, 1.82) is 0 Å². The fraction of sp³-hybridized carbons (Fsp3) is 0.927. The zero-order chi connectivity index (χ0) is 66.2. The number of unbranched alkanes of at least 4 members (excludes halogenated alkanes) is 52. The maximum Gasteiger partial charge on any atom is 0.222 e. The van der Waals surface area contributed by atoms with E-state index in [9.17, 15) is 9.59 Å². The van der Waals surface area contributed by atoms with Gasteiger partial charge >= 0.3 is 0 Å². The summed E-state index contributed by atoms with van der Waals surface area (Å²) in [6.07, 6.45) is 89.5. The largest absolute Gasteiger partial charge is 0.354 e. The van der Waals surface area contributed by atoms with Crippen LogP contribution in [0.3, 0.4) is 0 Å². The minimum Gasteiger partial charge on any atom is -0.354 e. The Morgan fingerprint density at radius 2 is 0.571 bits per heavy atom. The summed E-state index contributed by atoms with van der Waals surface area (Å²) in [6.45, 7) is 19.8. The van der Waals surface area contributed by atoms with Gasteiger partial charge < -0.3 is 37.2 Å². The van der Waals surface area contributed by atoms with Crippen molar-refractivity contribution in [2.45, 2.75) is 413 Å². The van der Waals surface area contributed by atoms with Crippen molar-refractivity contribution < 1.29 is 9.59 Å². The Morgan fingerprint density at radius 3 is 0.912 bits per heavy atom. The maximum atomic E-state index is 12.7. The van der Waals surface area contributed by atoms with Crippen LogP contribution in [0.25, 0.3) is 0 Å². The van der Waals surface area contributed by atoms with Gasteiger partial charge in [0.15, 0.2) is 0 Å². The van der Waals surface area contributed by atoms with E-state index in [0.717, 1.165) is 58.4 Å². The lowest BCUT2D eigenvalue weighted by Crippen LogP contribution is -2.41. The van der Waals surface area contributed by atoms with Gasteiger partial charge in [-0.2, -0.15) is 0 Å². The van der Waals surface area contributed by atoms with E-state index in [2.05, 4.69) is 72.8 Å². The lowest BCUT2D eigenvalue weighted by Gasteiger charge is -2.23. The van der Waals surface area contributed by atoms with E-state index in [1.54, 1.807) is 0 Å². The zero-order valence-corrected chi connectivity index (χ0v) is 62.6. The first-order valence-corrected chi connectivity index (χ1v) is 41.4. The molecule has 0 rings (SSSR count). The van der Waals surface area contributed by atoms with Crippen LogP contribution in [0.1, 0.15) is 413 Å². The number of hydrogen-bond donors (Lipinski definition) is 5. The molecule has 0 aromatic carbocycles.